The van der Waals surface area contributed by atoms with E-state index in [0.717, 1.165) is 4.31 Å². The maximum atomic E-state index is 13.9. The van der Waals surface area contributed by atoms with E-state index in [4.69, 9.17) is 11.6 Å². The quantitative estimate of drug-likeness (QED) is 0.227. The lowest BCUT2D eigenvalue weighted by atomic mass is 10.1. The summed E-state index contributed by atoms with van der Waals surface area (Å²) in [6, 6.07) is 18.4. The Morgan fingerprint density at radius 2 is 1.60 bits per heavy atom. The number of nitrogens with one attached hydrogen (secondary N) is 1. The van der Waals surface area contributed by atoms with Crippen molar-refractivity contribution < 1.29 is 22.9 Å². The van der Waals surface area contributed by atoms with Crippen molar-refractivity contribution in [3.63, 3.8) is 0 Å². The summed E-state index contributed by atoms with van der Waals surface area (Å²) in [6.07, 6.45) is 0.994. The zero-order chi connectivity index (χ0) is 29.3. The molecule has 212 valence electrons. The summed E-state index contributed by atoms with van der Waals surface area (Å²) in [5.41, 5.74) is 0.542. The summed E-state index contributed by atoms with van der Waals surface area (Å²) < 4.78 is 28.4. The normalized spacial score (nSPS) is 11.9. The highest BCUT2D eigenvalue weighted by atomic mass is 35.5. The molecule has 1 atom stereocenters. The maximum absolute atomic E-state index is 13.9. The van der Waals surface area contributed by atoms with Crippen molar-refractivity contribution in [2.45, 2.75) is 44.2 Å². The van der Waals surface area contributed by atoms with Crippen LogP contribution in [0.1, 0.15) is 32.3 Å². The summed E-state index contributed by atoms with van der Waals surface area (Å²) in [5.74, 6) is -0.967. The molecule has 3 aromatic carbocycles. The molecule has 0 saturated carbocycles. The van der Waals surface area contributed by atoms with E-state index in [0.29, 0.717) is 23.6 Å². The number of amides is 2. The number of carbonyl (C=O) groups excluding carboxylic acids is 2. The molecule has 3 aromatic rings. The fourth-order valence-corrected chi connectivity index (χ4v) is 5.62. The first-order valence-corrected chi connectivity index (χ1v) is 14.5. The van der Waals surface area contributed by atoms with Crippen molar-refractivity contribution >= 4 is 44.8 Å². The number of rotatable bonds is 13. The van der Waals surface area contributed by atoms with E-state index in [9.17, 15) is 28.1 Å². The monoisotopic (exact) mass is 586 g/mol. The van der Waals surface area contributed by atoms with E-state index in [1.807, 2.05) is 6.92 Å². The van der Waals surface area contributed by atoms with E-state index in [-0.39, 0.29) is 35.1 Å². The number of hydrogen-bond acceptors (Lipinski definition) is 6. The van der Waals surface area contributed by atoms with Crippen molar-refractivity contribution in [3.05, 3.63) is 99.6 Å². The molecule has 0 spiro atoms. The molecule has 0 fully saturated rings. The Labute approximate surface area is 238 Å². The number of non-ortho nitro benzene ring substituents is 1. The van der Waals surface area contributed by atoms with Gasteiger partial charge in [0.1, 0.15) is 12.6 Å². The van der Waals surface area contributed by atoms with Crippen LogP contribution in [-0.4, -0.2) is 49.2 Å². The van der Waals surface area contributed by atoms with Crippen LogP contribution in [-0.2, 0) is 26.2 Å². The molecule has 0 saturated heterocycles. The number of halogens is 1. The van der Waals surface area contributed by atoms with Gasteiger partial charge >= 0.3 is 0 Å². The van der Waals surface area contributed by atoms with Crippen molar-refractivity contribution in [2.75, 3.05) is 17.4 Å². The number of nitro groups is 1. The van der Waals surface area contributed by atoms with Crippen molar-refractivity contribution in [2.24, 2.45) is 0 Å². The minimum atomic E-state index is -4.26. The highest BCUT2D eigenvalue weighted by molar-refractivity contribution is 7.92. The van der Waals surface area contributed by atoms with Gasteiger partial charge in [-0.05, 0) is 54.8 Å². The number of hydrogen-bond donors (Lipinski definition) is 1. The number of benzene rings is 3. The maximum Gasteiger partial charge on any atom is 0.269 e. The van der Waals surface area contributed by atoms with Gasteiger partial charge < -0.3 is 10.2 Å². The number of carbonyl (C=O) groups is 2. The zero-order valence-electron chi connectivity index (χ0n) is 22.2. The minimum absolute atomic E-state index is 0.0353. The second-order valence-electron chi connectivity index (χ2n) is 8.96. The molecule has 0 aliphatic rings. The van der Waals surface area contributed by atoms with Gasteiger partial charge in [0.15, 0.2) is 0 Å². The molecule has 0 unspecified atom stereocenters. The van der Waals surface area contributed by atoms with Crippen LogP contribution < -0.4 is 9.62 Å². The molecule has 0 radical (unpaired) electrons. The van der Waals surface area contributed by atoms with Gasteiger partial charge in [0, 0.05) is 30.2 Å². The lowest BCUT2D eigenvalue weighted by Gasteiger charge is -2.33. The van der Waals surface area contributed by atoms with Crippen LogP contribution in [0, 0.1) is 10.1 Å². The highest BCUT2D eigenvalue weighted by Crippen LogP contribution is 2.27. The van der Waals surface area contributed by atoms with Crippen LogP contribution >= 0.6 is 11.6 Å². The standard InChI is InChI=1S/C28H31ClN4O6S/c1-3-18-30-28(35)26(4-2)31(19-21-10-12-22(29)13-11-21)27(34)20-32(23-14-16-24(17-15-23)33(36)37)40(38,39)25-8-6-5-7-9-25/h5-17,26H,3-4,18-20H2,1-2H3,(H,30,35)/t26-/m0/s1. The zero-order valence-corrected chi connectivity index (χ0v) is 23.8. The first-order chi connectivity index (χ1) is 19.1. The van der Waals surface area contributed by atoms with Crippen LogP contribution in [0.5, 0.6) is 0 Å². The average molecular weight is 587 g/mol. The Morgan fingerprint density at radius 3 is 2.15 bits per heavy atom. The predicted octanol–water partition coefficient (Wildman–Crippen LogP) is 4.78. The Morgan fingerprint density at radius 1 is 0.975 bits per heavy atom. The Hall–Kier alpha value is -3.96. The molecule has 0 heterocycles. The third kappa shape index (κ3) is 7.57. The van der Waals surface area contributed by atoms with Gasteiger partial charge in [0.25, 0.3) is 15.7 Å². The molecule has 3 rings (SSSR count). The van der Waals surface area contributed by atoms with Gasteiger partial charge in [0.05, 0.1) is 15.5 Å². The fourth-order valence-electron chi connectivity index (χ4n) is 4.06. The summed E-state index contributed by atoms with van der Waals surface area (Å²) >= 11 is 6.02. The topological polar surface area (TPSA) is 130 Å². The van der Waals surface area contributed by atoms with Crippen molar-refractivity contribution in [1.29, 1.82) is 0 Å². The fraction of sp³-hybridized carbons (Fsp3) is 0.286. The second-order valence-corrected chi connectivity index (χ2v) is 11.3. The van der Waals surface area contributed by atoms with E-state index < -0.39 is 33.4 Å². The molecule has 2 amide bonds. The number of sulfonamides is 1. The number of nitrogens with zero attached hydrogens (tertiary/aromatic N) is 3. The van der Waals surface area contributed by atoms with E-state index in [2.05, 4.69) is 5.32 Å². The average Bonchev–Trinajstić information content (AvgIpc) is 2.96. The molecule has 0 aliphatic carbocycles. The van der Waals surface area contributed by atoms with Crippen LogP contribution in [0.2, 0.25) is 5.02 Å². The Balaban J connectivity index is 2.05. The lowest BCUT2D eigenvalue weighted by molar-refractivity contribution is -0.384. The third-order valence-electron chi connectivity index (χ3n) is 6.16. The first-order valence-electron chi connectivity index (χ1n) is 12.7. The van der Waals surface area contributed by atoms with E-state index in [1.165, 1.54) is 41.3 Å². The van der Waals surface area contributed by atoms with Crippen molar-refractivity contribution in [3.8, 4) is 0 Å². The van der Waals surface area contributed by atoms with Gasteiger partial charge in [0.2, 0.25) is 11.8 Å². The summed E-state index contributed by atoms with van der Waals surface area (Å²) in [5, 5.41) is 14.5. The molecular formula is C28H31ClN4O6S. The summed E-state index contributed by atoms with van der Waals surface area (Å²) in [4.78, 5) is 38.9. The van der Waals surface area contributed by atoms with Crippen LogP contribution in [0.25, 0.3) is 0 Å². The molecule has 40 heavy (non-hydrogen) atoms. The number of nitro benzene ring substituents is 1. The molecule has 0 aliphatic heterocycles. The van der Waals surface area contributed by atoms with Gasteiger partial charge in [-0.25, -0.2) is 8.42 Å². The largest absolute Gasteiger partial charge is 0.354 e. The SMILES string of the molecule is CCCNC(=O)[C@H](CC)N(Cc1ccc(Cl)cc1)C(=O)CN(c1ccc([N+](=O)[O-])cc1)S(=O)(=O)c1ccccc1. The van der Waals surface area contributed by atoms with Crippen LogP contribution in [0.15, 0.2) is 83.8 Å². The molecule has 0 bridgehead atoms. The van der Waals surface area contributed by atoms with E-state index in [1.54, 1.807) is 49.4 Å². The van der Waals surface area contributed by atoms with Gasteiger partial charge in [-0.1, -0.05) is 55.8 Å². The summed E-state index contributed by atoms with van der Waals surface area (Å²) in [6.45, 7) is 3.50. The number of anilines is 1. The first kappa shape index (κ1) is 30.6. The Bertz CT molecular complexity index is 1420. The lowest BCUT2D eigenvalue weighted by Crippen LogP contribution is -2.52. The second kappa shape index (κ2) is 13.9. The highest BCUT2D eigenvalue weighted by Gasteiger charge is 2.33. The molecule has 12 heteroatoms. The van der Waals surface area contributed by atoms with Crippen LogP contribution in [0.3, 0.4) is 0 Å². The minimum Gasteiger partial charge on any atom is -0.354 e. The summed E-state index contributed by atoms with van der Waals surface area (Å²) in [7, 11) is -4.26. The predicted molar refractivity (Wildman–Crippen MR) is 153 cm³/mol. The molecular weight excluding hydrogens is 556 g/mol. The molecule has 0 aromatic heterocycles. The van der Waals surface area contributed by atoms with Crippen LogP contribution in [0.4, 0.5) is 11.4 Å². The third-order valence-corrected chi connectivity index (χ3v) is 8.20. The van der Waals surface area contributed by atoms with Gasteiger partial charge in [-0.15, -0.1) is 0 Å². The molecule has 1 N–H and O–H groups in total. The Kier molecular flexibility index (Phi) is 10.6. The van der Waals surface area contributed by atoms with Crippen molar-refractivity contribution in [1.82, 2.24) is 10.2 Å². The van der Waals surface area contributed by atoms with Gasteiger partial charge in [-0.2, -0.15) is 0 Å². The van der Waals surface area contributed by atoms with Gasteiger partial charge in [-0.3, -0.25) is 24.0 Å². The molecule has 10 nitrogen and oxygen atoms in total. The van der Waals surface area contributed by atoms with E-state index >= 15 is 0 Å². The smallest absolute Gasteiger partial charge is 0.269 e.